The van der Waals surface area contributed by atoms with Crippen LogP contribution in [0.2, 0.25) is 5.02 Å². The van der Waals surface area contributed by atoms with Gasteiger partial charge in [-0.1, -0.05) is 17.7 Å². The van der Waals surface area contributed by atoms with Crippen LogP contribution in [0.5, 0.6) is 0 Å². The van der Waals surface area contributed by atoms with E-state index in [1.54, 1.807) is 18.3 Å². The Kier molecular flexibility index (Phi) is 4.08. The first-order valence-corrected chi connectivity index (χ1v) is 6.39. The van der Waals surface area contributed by atoms with Gasteiger partial charge in [-0.15, -0.1) is 0 Å². The SMILES string of the molecule is Cc1cc(=O)c(CC(=O)Cl)cn1-c1cccc(Cl)c1. The number of benzene rings is 1. The van der Waals surface area contributed by atoms with Gasteiger partial charge >= 0.3 is 0 Å². The van der Waals surface area contributed by atoms with Crippen LogP contribution in [0.3, 0.4) is 0 Å². The predicted molar refractivity (Wildman–Crippen MR) is 76.4 cm³/mol. The van der Waals surface area contributed by atoms with Crippen LogP contribution in [0.25, 0.3) is 5.69 Å². The Morgan fingerprint density at radius 2 is 2.05 bits per heavy atom. The second kappa shape index (κ2) is 5.59. The largest absolute Gasteiger partial charge is 0.321 e. The van der Waals surface area contributed by atoms with Crippen LogP contribution in [-0.4, -0.2) is 9.81 Å². The summed E-state index contributed by atoms with van der Waals surface area (Å²) in [5, 5.41) is 0.0455. The molecule has 1 aromatic carbocycles. The number of pyridine rings is 1. The highest BCUT2D eigenvalue weighted by atomic mass is 35.5. The van der Waals surface area contributed by atoms with Gasteiger partial charge in [0.05, 0.1) is 6.42 Å². The van der Waals surface area contributed by atoms with Crippen molar-refractivity contribution in [1.82, 2.24) is 4.57 Å². The third kappa shape index (κ3) is 3.25. The molecule has 2 aromatic rings. The quantitative estimate of drug-likeness (QED) is 0.816. The van der Waals surface area contributed by atoms with Gasteiger partial charge < -0.3 is 4.57 Å². The van der Waals surface area contributed by atoms with E-state index in [2.05, 4.69) is 0 Å². The molecule has 0 atom stereocenters. The molecule has 0 spiro atoms. The van der Waals surface area contributed by atoms with Crippen molar-refractivity contribution in [2.24, 2.45) is 0 Å². The van der Waals surface area contributed by atoms with E-state index in [4.69, 9.17) is 23.2 Å². The van der Waals surface area contributed by atoms with Gasteiger partial charge in [-0.25, -0.2) is 0 Å². The summed E-state index contributed by atoms with van der Waals surface area (Å²) in [6, 6.07) is 8.73. The van der Waals surface area contributed by atoms with E-state index in [-0.39, 0.29) is 11.8 Å². The Balaban J connectivity index is 2.57. The van der Waals surface area contributed by atoms with Crippen molar-refractivity contribution in [1.29, 1.82) is 0 Å². The molecule has 0 saturated heterocycles. The number of carbonyl (C=O) groups excluding carboxylic acids is 1. The zero-order valence-corrected chi connectivity index (χ0v) is 11.7. The van der Waals surface area contributed by atoms with E-state index >= 15 is 0 Å². The molecular formula is C14H11Cl2NO2. The van der Waals surface area contributed by atoms with Gasteiger partial charge in [-0.2, -0.15) is 0 Å². The van der Waals surface area contributed by atoms with Crippen molar-refractivity contribution >= 4 is 28.4 Å². The van der Waals surface area contributed by atoms with Crippen molar-refractivity contribution in [3.05, 3.63) is 63.0 Å². The zero-order chi connectivity index (χ0) is 14.0. The maximum atomic E-state index is 11.8. The van der Waals surface area contributed by atoms with Crippen molar-refractivity contribution in [3.63, 3.8) is 0 Å². The molecule has 0 aliphatic carbocycles. The third-order valence-electron chi connectivity index (χ3n) is 2.74. The molecule has 0 bridgehead atoms. The van der Waals surface area contributed by atoms with Crippen LogP contribution in [0, 0.1) is 6.92 Å². The normalized spacial score (nSPS) is 10.5. The zero-order valence-electron chi connectivity index (χ0n) is 10.2. The summed E-state index contributed by atoms with van der Waals surface area (Å²) in [5.74, 6) is 0. The molecule has 0 aliphatic rings. The molecule has 0 fully saturated rings. The Labute approximate surface area is 120 Å². The number of aromatic nitrogens is 1. The second-order valence-electron chi connectivity index (χ2n) is 4.19. The van der Waals surface area contributed by atoms with Gasteiger partial charge in [0.2, 0.25) is 5.24 Å². The number of hydrogen-bond acceptors (Lipinski definition) is 2. The Hall–Kier alpha value is -1.58. The highest BCUT2D eigenvalue weighted by Crippen LogP contribution is 2.16. The number of halogens is 2. The van der Waals surface area contributed by atoms with E-state index < -0.39 is 5.24 Å². The fourth-order valence-corrected chi connectivity index (χ4v) is 2.19. The first-order chi connectivity index (χ1) is 8.97. The fraction of sp³-hybridized carbons (Fsp3) is 0.143. The average molecular weight is 296 g/mol. The first-order valence-electron chi connectivity index (χ1n) is 5.64. The number of nitrogens with zero attached hydrogens (tertiary/aromatic N) is 1. The van der Waals surface area contributed by atoms with Gasteiger partial charge in [0, 0.05) is 34.2 Å². The van der Waals surface area contributed by atoms with Gasteiger partial charge in [0.15, 0.2) is 5.43 Å². The minimum Gasteiger partial charge on any atom is -0.321 e. The molecule has 0 radical (unpaired) electrons. The van der Waals surface area contributed by atoms with Crippen LogP contribution < -0.4 is 5.43 Å². The van der Waals surface area contributed by atoms with E-state index in [0.29, 0.717) is 10.6 Å². The average Bonchev–Trinajstić information content (AvgIpc) is 2.32. The lowest BCUT2D eigenvalue weighted by molar-refractivity contribution is -0.111. The van der Waals surface area contributed by atoms with E-state index in [1.165, 1.54) is 6.07 Å². The lowest BCUT2D eigenvalue weighted by atomic mass is 10.2. The predicted octanol–water partition coefficient (Wildman–Crippen LogP) is 3.11. The van der Waals surface area contributed by atoms with Gasteiger partial charge in [0.1, 0.15) is 0 Å². The molecular weight excluding hydrogens is 285 g/mol. The maximum absolute atomic E-state index is 11.8. The van der Waals surface area contributed by atoms with E-state index in [0.717, 1.165) is 11.4 Å². The van der Waals surface area contributed by atoms with Crippen LogP contribution in [0.4, 0.5) is 0 Å². The van der Waals surface area contributed by atoms with Gasteiger partial charge in [-0.05, 0) is 36.7 Å². The highest BCUT2D eigenvalue weighted by molar-refractivity contribution is 6.63. The maximum Gasteiger partial charge on any atom is 0.226 e. The Morgan fingerprint density at radius 1 is 1.32 bits per heavy atom. The topological polar surface area (TPSA) is 39.1 Å². The van der Waals surface area contributed by atoms with Crippen LogP contribution in [-0.2, 0) is 11.2 Å². The molecule has 0 saturated carbocycles. The number of aryl methyl sites for hydroxylation is 1. The summed E-state index contributed by atoms with van der Waals surface area (Å²) < 4.78 is 1.81. The van der Waals surface area contributed by atoms with Crippen LogP contribution >= 0.6 is 23.2 Å². The summed E-state index contributed by atoms with van der Waals surface area (Å²) in [5.41, 5.74) is 1.77. The summed E-state index contributed by atoms with van der Waals surface area (Å²) in [4.78, 5) is 22.7. The van der Waals surface area contributed by atoms with Crippen molar-refractivity contribution in [3.8, 4) is 5.69 Å². The number of hydrogen-bond donors (Lipinski definition) is 0. The van der Waals surface area contributed by atoms with Crippen molar-refractivity contribution < 1.29 is 4.79 Å². The molecule has 3 nitrogen and oxygen atoms in total. The first kappa shape index (κ1) is 13.8. The fourth-order valence-electron chi connectivity index (χ4n) is 1.86. The molecule has 2 rings (SSSR count). The standard InChI is InChI=1S/C14H11Cl2NO2/c1-9-5-13(18)10(6-14(16)19)8-17(9)12-4-2-3-11(15)7-12/h2-5,7-8H,6H2,1H3. The van der Waals surface area contributed by atoms with Crippen molar-refractivity contribution in [2.45, 2.75) is 13.3 Å². The third-order valence-corrected chi connectivity index (χ3v) is 3.11. The second-order valence-corrected chi connectivity index (χ2v) is 5.04. The summed E-state index contributed by atoms with van der Waals surface area (Å²) >= 11 is 11.3. The lowest BCUT2D eigenvalue weighted by Crippen LogP contribution is -2.15. The van der Waals surface area contributed by atoms with Gasteiger partial charge in [-0.3, -0.25) is 9.59 Å². The Bertz CT molecular complexity index is 692. The molecule has 19 heavy (non-hydrogen) atoms. The minimum atomic E-state index is -0.557. The monoisotopic (exact) mass is 295 g/mol. The van der Waals surface area contributed by atoms with E-state index in [9.17, 15) is 9.59 Å². The highest BCUT2D eigenvalue weighted by Gasteiger charge is 2.08. The lowest BCUT2D eigenvalue weighted by Gasteiger charge is -2.12. The van der Waals surface area contributed by atoms with Crippen molar-refractivity contribution in [2.75, 3.05) is 0 Å². The van der Waals surface area contributed by atoms with E-state index in [1.807, 2.05) is 23.6 Å². The van der Waals surface area contributed by atoms with Crippen LogP contribution in [0.15, 0.2) is 41.3 Å². The molecule has 0 N–H and O–H groups in total. The van der Waals surface area contributed by atoms with Gasteiger partial charge in [0.25, 0.3) is 0 Å². The summed E-state index contributed by atoms with van der Waals surface area (Å²) in [6.45, 7) is 1.81. The molecule has 0 unspecified atom stereocenters. The number of rotatable bonds is 3. The number of carbonyl (C=O) groups is 1. The molecule has 5 heteroatoms. The minimum absolute atomic E-state index is 0.0821. The Morgan fingerprint density at radius 3 is 2.68 bits per heavy atom. The molecule has 0 amide bonds. The van der Waals surface area contributed by atoms with Crippen LogP contribution in [0.1, 0.15) is 11.3 Å². The summed E-state index contributed by atoms with van der Waals surface area (Å²) in [7, 11) is 0. The summed E-state index contributed by atoms with van der Waals surface area (Å²) in [6.07, 6.45) is 1.55. The smallest absolute Gasteiger partial charge is 0.226 e. The molecule has 98 valence electrons. The molecule has 1 aromatic heterocycles. The molecule has 0 aliphatic heterocycles. The molecule has 1 heterocycles.